The summed E-state index contributed by atoms with van der Waals surface area (Å²) in [7, 11) is 1.46. The predicted octanol–water partition coefficient (Wildman–Crippen LogP) is 9.02. The first-order valence-corrected chi connectivity index (χ1v) is 14.1. The number of rotatable bonds is 8. The number of phenolic OH excluding ortho intramolecular Hbond substituents is 1. The molecule has 0 aliphatic rings. The smallest absolute Gasteiger partial charge is 0.344 e. The molecule has 47 heavy (non-hydrogen) atoms. The summed E-state index contributed by atoms with van der Waals surface area (Å²) in [4.78, 5) is 35.3. The molecule has 6 aromatic rings. The van der Waals surface area contributed by atoms with Crippen LogP contribution in [0.1, 0.15) is 6.92 Å². The van der Waals surface area contributed by atoms with Gasteiger partial charge in [-0.15, -0.1) is 15.3 Å². The van der Waals surface area contributed by atoms with E-state index in [-0.39, 0.29) is 34.2 Å². The normalized spacial score (nSPS) is 11.4. The minimum absolute atomic E-state index is 0.0879. The third kappa shape index (κ3) is 6.40. The van der Waals surface area contributed by atoms with Gasteiger partial charge in [-0.3, -0.25) is 14.9 Å². The number of benzene rings is 5. The van der Waals surface area contributed by atoms with E-state index in [1.165, 1.54) is 44.4 Å². The quantitative estimate of drug-likeness (QED) is 0.0729. The maximum Gasteiger partial charge on any atom is 0.344 e. The second-order valence-electron chi connectivity index (χ2n) is 10.2. The Morgan fingerprint density at radius 2 is 1.57 bits per heavy atom. The number of nitrogens with one attached hydrogen (secondary N) is 1. The number of anilines is 1. The van der Waals surface area contributed by atoms with Gasteiger partial charge in [0.15, 0.2) is 0 Å². The number of azo groups is 2. The van der Waals surface area contributed by atoms with E-state index >= 15 is 0 Å². The summed E-state index contributed by atoms with van der Waals surface area (Å²) < 4.78 is 11.1. The van der Waals surface area contributed by atoms with Crippen LogP contribution < -0.4 is 15.7 Å². The van der Waals surface area contributed by atoms with Crippen molar-refractivity contribution in [3.8, 4) is 22.6 Å². The highest BCUT2D eigenvalue weighted by Crippen LogP contribution is 2.41. The Labute approximate surface area is 265 Å². The summed E-state index contributed by atoms with van der Waals surface area (Å²) in [5.41, 5.74) is 2.04. The lowest BCUT2D eigenvalue weighted by atomic mass is 10.1. The van der Waals surface area contributed by atoms with Gasteiger partial charge >= 0.3 is 5.63 Å². The van der Waals surface area contributed by atoms with Crippen LogP contribution >= 0.6 is 0 Å². The summed E-state index contributed by atoms with van der Waals surface area (Å²) in [5.74, 6) is 0.0823. The highest BCUT2D eigenvalue weighted by atomic mass is 16.6. The molecule has 1 heterocycles. The number of phenols is 1. The molecule has 13 heteroatoms. The number of hydrogen-bond donors (Lipinski definition) is 2. The molecule has 5 aromatic carbocycles. The van der Waals surface area contributed by atoms with Crippen LogP contribution in [0.4, 0.5) is 34.1 Å². The number of amides is 1. The summed E-state index contributed by atoms with van der Waals surface area (Å²) in [6.07, 6.45) is 0. The van der Waals surface area contributed by atoms with Gasteiger partial charge in [0.25, 0.3) is 5.69 Å². The molecule has 0 saturated heterocycles. The molecule has 0 unspecified atom stereocenters. The first kappa shape index (κ1) is 30.3. The van der Waals surface area contributed by atoms with Gasteiger partial charge in [0.1, 0.15) is 28.5 Å². The third-order valence-electron chi connectivity index (χ3n) is 7.13. The molecule has 0 radical (unpaired) electrons. The first-order chi connectivity index (χ1) is 22.7. The Kier molecular flexibility index (Phi) is 8.17. The van der Waals surface area contributed by atoms with Crippen LogP contribution in [0.2, 0.25) is 0 Å². The van der Waals surface area contributed by atoms with Crippen molar-refractivity contribution in [2.75, 3.05) is 12.4 Å². The fraction of sp³-hybridized carbons (Fsp3) is 0.0588. The minimum Gasteiger partial charge on any atom is -0.507 e. The van der Waals surface area contributed by atoms with Gasteiger partial charge in [-0.25, -0.2) is 4.79 Å². The topological polar surface area (TPSA) is 181 Å². The van der Waals surface area contributed by atoms with Crippen molar-refractivity contribution in [2.45, 2.75) is 6.92 Å². The van der Waals surface area contributed by atoms with E-state index < -0.39 is 10.5 Å². The number of non-ortho nitro benzene ring substituents is 1. The number of nitro groups is 1. The summed E-state index contributed by atoms with van der Waals surface area (Å²) >= 11 is 0. The van der Waals surface area contributed by atoms with Gasteiger partial charge in [-0.2, -0.15) is 5.11 Å². The zero-order chi connectivity index (χ0) is 33.1. The summed E-state index contributed by atoms with van der Waals surface area (Å²) in [6.45, 7) is 1.35. The number of carbonyl (C=O) groups excluding carboxylic acids is 1. The molecule has 0 aliphatic carbocycles. The second kappa shape index (κ2) is 12.7. The Hall–Kier alpha value is -6.76. The van der Waals surface area contributed by atoms with Gasteiger partial charge in [0, 0.05) is 47.3 Å². The van der Waals surface area contributed by atoms with Crippen molar-refractivity contribution in [2.24, 2.45) is 20.5 Å². The van der Waals surface area contributed by atoms with Crippen molar-refractivity contribution >= 4 is 61.8 Å². The number of aromatic hydroxyl groups is 1. The Morgan fingerprint density at radius 1 is 0.851 bits per heavy atom. The Morgan fingerprint density at radius 3 is 2.30 bits per heavy atom. The van der Waals surface area contributed by atoms with Crippen LogP contribution in [-0.4, -0.2) is 23.0 Å². The summed E-state index contributed by atoms with van der Waals surface area (Å²) in [6, 6.07) is 25.7. The SMILES string of the molecule is COc1cc(N=Nc2ccc3cc(-c4ccc([N+](=O)[O-])cc4)c(=O)oc3c2)c(NC(C)=O)cc1N=Nc1ccc(O)c2ccccc12. The number of hydrogen-bond acceptors (Lipinski definition) is 11. The van der Waals surface area contributed by atoms with Crippen LogP contribution in [0.3, 0.4) is 0 Å². The van der Waals surface area contributed by atoms with Crippen LogP contribution in [0.15, 0.2) is 127 Å². The van der Waals surface area contributed by atoms with Crippen LogP contribution in [-0.2, 0) is 4.79 Å². The Bertz CT molecular complexity index is 2310. The molecule has 0 aliphatic heterocycles. The number of nitro benzene ring substituents is 1. The van der Waals surface area contributed by atoms with Crippen molar-refractivity contribution in [3.63, 3.8) is 0 Å². The minimum atomic E-state index is -0.622. The molecule has 1 aromatic heterocycles. The highest BCUT2D eigenvalue weighted by molar-refractivity contribution is 5.96. The molecule has 232 valence electrons. The Balaban J connectivity index is 1.32. The third-order valence-corrected chi connectivity index (χ3v) is 7.13. The average Bonchev–Trinajstić information content (AvgIpc) is 3.07. The number of fused-ring (bicyclic) bond motifs is 2. The molecule has 1 amide bonds. The maximum absolute atomic E-state index is 12.8. The van der Waals surface area contributed by atoms with Crippen molar-refractivity contribution < 1.29 is 24.0 Å². The molecule has 0 atom stereocenters. The zero-order valence-electron chi connectivity index (χ0n) is 24.9. The fourth-order valence-corrected chi connectivity index (χ4v) is 4.87. The van der Waals surface area contributed by atoms with Gasteiger partial charge in [-0.05, 0) is 54.1 Å². The van der Waals surface area contributed by atoms with Crippen LogP contribution in [0.25, 0.3) is 32.9 Å². The van der Waals surface area contributed by atoms with Gasteiger partial charge in [-0.1, -0.05) is 24.3 Å². The lowest BCUT2D eigenvalue weighted by Crippen LogP contribution is -2.05. The molecular weight excluding hydrogens is 604 g/mol. The lowest BCUT2D eigenvalue weighted by Gasteiger charge is -2.11. The average molecular weight is 629 g/mol. The van der Waals surface area contributed by atoms with Gasteiger partial charge in [0.2, 0.25) is 5.91 Å². The van der Waals surface area contributed by atoms with E-state index in [0.29, 0.717) is 50.2 Å². The summed E-state index contributed by atoms with van der Waals surface area (Å²) in [5, 5.41) is 43.2. The number of methoxy groups -OCH3 is 1. The second-order valence-corrected chi connectivity index (χ2v) is 10.2. The molecule has 0 bridgehead atoms. The van der Waals surface area contributed by atoms with Crippen LogP contribution in [0, 0.1) is 10.1 Å². The van der Waals surface area contributed by atoms with Crippen molar-refractivity contribution in [3.05, 3.63) is 118 Å². The molecule has 2 N–H and O–H groups in total. The maximum atomic E-state index is 12.8. The number of carbonyl (C=O) groups is 1. The molecule has 0 fully saturated rings. The van der Waals surface area contributed by atoms with E-state index in [9.17, 15) is 24.8 Å². The molecular formula is C34H24N6O7. The molecule has 0 saturated carbocycles. The number of nitrogens with zero attached hydrogens (tertiary/aromatic N) is 5. The standard InChI is InChI=1S/C34H24N6O7/c1-19(41)35-28-17-30(39-37-27-13-14-31(42)25-6-4-3-5-24(25)27)33(46-2)18-29(28)38-36-22-10-7-21-15-26(34(43)47-32(21)16-22)20-8-11-23(12-9-20)40(44)45/h3-18,42H,1-2H3,(H,35,41). The predicted molar refractivity (Wildman–Crippen MR) is 176 cm³/mol. The van der Waals surface area contributed by atoms with Crippen molar-refractivity contribution in [1.82, 2.24) is 0 Å². The van der Waals surface area contributed by atoms with E-state index in [4.69, 9.17) is 9.15 Å². The molecule has 6 rings (SSSR count). The van der Waals surface area contributed by atoms with E-state index in [1.807, 2.05) is 18.2 Å². The highest BCUT2D eigenvalue weighted by Gasteiger charge is 2.14. The molecule has 0 spiro atoms. The monoisotopic (exact) mass is 628 g/mol. The lowest BCUT2D eigenvalue weighted by molar-refractivity contribution is -0.384. The first-order valence-electron chi connectivity index (χ1n) is 14.1. The van der Waals surface area contributed by atoms with E-state index in [0.717, 1.165) is 0 Å². The fourth-order valence-electron chi connectivity index (χ4n) is 4.87. The van der Waals surface area contributed by atoms with Gasteiger partial charge < -0.3 is 19.6 Å². The number of ether oxygens (including phenoxy) is 1. The molecule has 13 nitrogen and oxygen atoms in total. The van der Waals surface area contributed by atoms with E-state index in [1.54, 1.807) is 48.5 Å². The van der Waals surface area contributed by atoms with Crippen LogP contribution in [0.5, 0.6) is 11.5 Å². The zero-order valence-corrected chi connectivity index (χ0v) is 24.9. The van der Waals surface area contributed by atoms with Gasteiger partial charge in [0.05, 0.1) is 34.7 Å². The van der Waals surface area contributed by atoms with E-state index in [2.05, 4.69) is 25.8 Å². The van der Waals surface area contributed by atoms with Crippen molar-refractivity contribution in [1.29, 1.82) is 0 Å². The largest absolute Gasteiger partial charge is 0.507 e.